The third-order valence-corrected chi connectivity index (χ3v) is 2.63. The molecule has 0 aliphatic rings. The Morgan fingerprint density at radius 2 is 2.00 bits per heavy atom. The zero-order valence-electron chi connectivity index (χ0n) is 7.42. The van der Waals surface area contributed by atoms with Gasteiger partial charge in [-0.1, -0.05) is 12.1 Å². The number of rotatable bonds is 2. The van der Waals surface area contributed by atoms with Crippen molar-refractivity contribution in [1.29, 1.82) is 0 Å². The van der Waals surface area contributed by atoms with Crippen LogP contribution in [0.3, 0.4) is 0 Å². The highest BCUT2D eigenvalue weighted by atomic mass is 127. The summed E-state index contributed by atoms with van der Waals surface area (Å²) in [6.45, 7) is 1.73. The van der Waals surface area contributed by atoms with Crippen LogP contribution < -0.4 is 0 Å². The van der Waals surface area contributed by atoms with Crippen molar-refractivity contribution in [2.24, 2.45) is 0 Å². The molecule has 68 valence electrons. The Bertz CT molecular complexity index is 319. The molecule has 1 nitrogen and oxygen atoms in total. The predicted octanol–water partition coefficient (Wildman–Crippen LogP) is 2.52. The van der Waals surface area contributed by atoms with E-state index in [0.717, 1.165) is 9.13 Å². The average molecular weight is 286 g/mol. The van der Waals surface area contributed by atoms with Crippen LogP contribution in [-0.2, 0) is 5.60 Å². The van der Waals surface area contributed by atoms with Gasteiger partial charge in [0.15, 0.2) is 0 Å². The zero-order valence-corrected chi connectivity index (χ0v) is 9.58. The first-order valence-corrected chi connectivity index (χ1v) is 5.06. The number of terminal acetylenes is 1. The van der Waals surface area contributed by atoms with Gasteiger partial charge < -0.3 is 5.11 Å². The molecule has 0 spiro atoms. The lowest BCUT2D eigenvalue weighted by atomic mass is 9.93. The number of hydrogen-bond acceptors (Lipinski definition) is 1. The van der Waals surface area contributed by atoms with Crippen LogP contribution in [0.25, 0.3) is 0 Å². The van der Waals surface area contributed by atoms with Crippen LogP contribution in [-0.4, -0.2) is 5.11 Å². The molecule has 0 radical (unpaired) electrons. The van der Waals surface area contributed by atoms with E-state index in [-0.39, 0.29) is 0 Å². The van der Waals surface area contributed by atoms with Crippen LogP contribution in [0, 0.1) is 15.9 Å². The lowest BCUT2D eigenvalue weighted by Gasteiger charge is -2.20. The molecule has 0 saturated carbocycles. The number of benzene rings is 1. The van der Waals surface area contributed by atoms with Gasteiger partial charge in [0.05, 0.1) is 5.60 Å². The van der Waals surface area contributed by atoms with Crippen LogP contribution in [0.4, 0.5) is 0 Å². The molecule has 0 fully saturated rings. The summed E-state index contributed by atoms with van der Waals surface area (Å²) in [6.07, 6.45) is 5.51. The topological polar surface area (TPSA) is 20.2 Å². The molecule has 1 N–H and O–H groups in total. The second-order valence-corrected chi connectivity index (χ2v) is 4.41. The highest BCUT2D eigenvalue weighted by Crippen LogP contribution is 2.24. The van der Waals surface area contributed by atoms with Crippen molar-refractivity contribution in [3.05, 3.63) is 33.4 Å². The summed E-state index contributed by atoms with van der Waals surface area (Å²) in [5.74, 6) is 2.47. The lowest BCUT2D eigenvalue weighted by molar-refractivity contribution is 0.0629. The molecular formula is C11H11IO. The Labute approximate surface area is 92.3 Å². The second-order valence-electron chi connectivity index (χ2n) is 3.16. The summed E-state index contributed by atoms with van der Waals surface area (Å²) >= 11 is 2.22. The fourth-order valence-electron chi connectivity index (χ4n) is 1.11. The summed E-state index contributed by atoms with van der Waals surface area (Å²) in [4.78, 5) is 0. The zero-order chi connectivity index (χ0) is 9.90. The SMILES string of the molecule is C#CCC(C)(O)c1ccc(I)cc1. The molecule has 13 heavy (non-hydrogen) atoms. The summed E-state index contributed by atoms with van der Waals surface area (Å²) in [5, 5.41) is 9.93. The maximum Gasteiger partial charge on any atom is 0.0977 e. The Hall–Kier alpha value is -0.530. The fourth-order valence-corrected chi connectivity index (χ4v) is 1.47. The highest BCUT2D eigenvalue weighted by molar-refractivity contribution is 14.1. The molecule has 1 aromatic carbocycles. The van der Waals surface area contributed by atoms with E-state index in [4.69, 9.17) is 6.42 Å². The van der Waals surface area contributed by atoms with Crippen molar-refractivity contribution in [2.45, 2.75) is 18.9 Å². The van der Waals surface area contributed by atoms with Crippen molar-refractivity contribution in [3.63, 3.8) is 0 Å². The normalized spacial score (nSPS) is 14.6. The van der Waals surface area contributed by atoms with Gasteiger partial charge in [-0.3, -0.25) is 0 Å². The van der Waals surface area contributed by atoms with Gasteiger partial charge in [0.1, 0.15) is 0 Å². The molecule has 0 amide bonds. The molecule has 0 aliphatic carbocycles. The van der Waals surface area contributed by atoms with Crippen molar-refractivity contribution in [1.82, 2.24) is 0 Å². The van der Waals surface area contributed by atoms with Gasteiger partial charge in [-0.2, -0.15) is 0 Å². The minimum Gasteiger partial charge on any atom is -0.384 e. The molecule has 0 heterocycles. The van der Waals surface area contributed by atoms with Gasteiger partial charge in [-0.15, -0.1) is 12.3 Å². The van der Waals surface area contributed by atoms with E-state index in [2.05, 4.69) is 28.5 Å². The molecule has 2 heteroatoms. The van der Waals surface area contributed by atoms with Gasteiger partial charge in [0.2, 0.25) is 0 Å². The molecule has 0 aliphatic heterocycles. The fraction of sp³-hybridized carbons (Fsp3) is 0.273. The largest absolute Gasteiger partial charge is 0.384 e. The van der Waals surface area contributed by atoms with E-state index < -0.39 is 5.60 Å². The Balaban J connectivity index is 2.95. The monoisotopic (exact) mass is 286 g/mol. The van der Waals surface area contributed by atoms with Crippen molar-refractivity contribution in [3.8, 4) is 12.3 Å². The Morgan fingerprint density at radius 1 is 1.46 bits per heavy atom. The highest BCUT2D eigenvalue weighted by Gasteiger charge is 2.21. The third kappa shape index (κ3) is 2.71. The number of halogens is 1. The van der Waals surface area contributed by atoms with E-state index in [0.29, 0.717) is 6.42 Å². The van der Waals surface area contributed by atoms with Crippen molar-refractivity contribution in [2.75, 3.05) is 0 Å². The third-order valence-electron chi connectivity index (χ3n) is 1.91. The van der Waals surface area contributed by atoms with Gasteiger partial charge in [0.25, 0.3) is 0 Å². The molecule has 1 atom stereocenters. The quantitative estimate of drug-likeness (QED) is 0.654. The Morgan fingerprint density at radius 3 is 2.46 bits per heavy atom. The summed E-state index contributed by atoms with van der Waals surface area (Å²) < 4.78 is 1.15. The van der Waals surface area contributed by atoms with E-state index in [9.17, 15) is 5.11 Å². The van der Waals surface area contributed by atoms with Crippen molar-refractivity contribution < 1.29 is 5.11 Å². The minimum atomic E-state index is -0.904. The first-order chi connectivity index (χ1) is 6.06. The number of hydrogen-bond donors (Lipinski definition) is 1. The predicted molar refractivity (Wildman–Crippen MR) is 62.2 cm³/mol. The smallest absolute Gasteiger partial charge is 0.0977 e. The first kappa shape index (κ1) is 10.6. The minimum absolute atomic E-state index is 0.341. The standard InChI is InChI=1S/C11H11IO/c1-3-8-11(2,13)9-4-6-10(12)7-5-9/h1,4-7,13H,8H2,2H3. The van der Waals surface area contributed by atoms with Crippen molar-refractivity contribution >= 4 is 22.6 Å². The molecule has 0 saturated heterocycles. The van der Waals surface area contributed by atoms with Crippen LogP contribution in [0.2, 0.25) is 0 Å². The molecule has 1 rings (SSSR count). The molecule has 1 aromatic rings. The van der Waals surface area contributed by atoms with Gasteiger partial charge >= 0.3 is 0 Å². The van der Waals surface area contributed by atoms with Gasteiger partial charge in [0, 0.05) is 9.99 Å². The van der Waals surface area contributed by atoms with Crippen LogP contribution in [0.15, 0.2) is 24.3 Å². The molecular weight excluding hydrogens is 275 g/mol. The van der Waals surface area contributed by atoms with Gasteiger partial charge in [-0.05, 0) is 47.2 Å². The number of aliphatic hydroxyl groups is 1. The van der Waals surface area contributed by atoms with E-state index in [1.807, 2.05) is 24.3 Å². The van der Waals surface area contributed by atoms with E-state index >= 15 is 0 Å². The van der Waals surface area contributed by atoms with E-state index in [1.165, 1.54) is 0 Å². The average Bonchev–Trinajstić information content (AvgIpc) is 2.05. The maximum atomic E-state index is 9.93. The van der Waals surface area contributed by atoms with Crippen LogP contribution in [0.1, 0.15) is 18.9 Å². The summed E-state index contributed by atoms with van der Waals surface area (Å²) in [5.41, 5.74) is -0.0371. The van der Waals surface area contributed by atoms with Crippen LogP contribution in [0.5, 0.6) is 0 Å². The lowest BCUT2D eigenvalue weighted by Crippen LogP contribution is -2.19. The second kappa shape index (κ2) is 4.12. The maximum absolute atomic E-state index is 9.93. The first-order valence-electron chi connectivity index (χ1n) is 3.98. The van der Waals surface area contributed by atoms with E-state index in [1.54, 1.807) is 6.92 Å². The van der Waals surface area contributed by atoms with Crippen LogP contribution >= 0.6 is 22.6 Å². The summed E-state index contributed by atoms with van der Waals surface area (Å²) in [7, 11) is 0. The molecule has 0 bridgehead atoms. The molecule has 1 unspecified atom stereocenters. The molecule has 0 aromatic heterocycles. The van der Waals surface area contributed by atoms with Gasteiger partial charge in [-0.25, -0.2) is 0 Å². The summed E-state index contributed by atoms with van der Waals surface area (Å²) in [6, 6.07) is 7.72. The Kier molecular flexibility index (Phi) is 3.34.